The predicted octanol–water partition coefficient (Wildman–Crippen LogP) is 1.30. The summed E-state index contributed by atoms with van der Waals surface area (Å²) < 4.78 is 30.7. The lowest BCUT2D eigenvalue weighted by atomic mass is 10.1. The highest BCUT2D eigenvalue weighted by Crippen LogP contribution is 2.25. The van der Waals surface area contributed by atoms with Crippen LogP contribution in [0.1, 0.15) is 17.5 Å². The van der Waals surface area contributed by atoms with E-state index in [0.717, 1.165) is 19.3 Å². The van der Waals surface area contributed by atoms with Gasteiger partial charge >= 0.3 is 0 Å². The van der Waals surface area contributed by atoms with Crippen molar-refractivity contribution in [2.75, 3.05) is 19.8 Å². The van der Waals surface area contributed by atoms with Crippen LogP contribution in [0.4, 0.5) is 8.78 Å². The molecule has 20 heavy (non-hydrogen) atoms. The van der Waals surface area contributed by atoms with Gasteiger partial charge in [-0.25, -0.2) is 8.78 Å². The van der Waals surface area contributed by atoms with Crippen molar-refractivity contribution in [3.8, 4) is 5.75 Å². The fraction of sp³-hybridized carbons (Fsp3) is 0.500. The number of hydrogen-bond donors (Lipinski definition) is 2. The van der Waals surface area contributed by atoms with Gasteiger partial charge in [-0.15, -0.1) is 0 Å². The van der Waals surface area contributed by atoms with Crippen LogP contribution >= 0.6 is 0 Å². The monoisotopic (exact) mass is 285 g/mol. The molecule has 110 valence electrons. The van der Waals surface area contributed by atoms with Gasteiger partial charge in [0.1, 0.15) is 12.4 Å². The third-order valence-corrected chi connectivity index (χ3v) is 3.22. The smallest absolute Gasteiger partial charge is 0.287 e. The highest BCUT2D eigenvalue weighted by atomic mass is 19.3. The van der Waals surface area contributed by atoms with Crippen LogP contribution in [0, 0.1) is 0 Å². The van der Waals surface area contributed by atoms with Crippen LogP contribution < -0.4 is 10.1 Å². The van der Waals surface area contributed by atoms with E-state index >= 15 is 0 Å². The molecule has 0 spiro atoms. The first-order chi connectivity index (χ1) is 9.50. The molecule has 0 saturated heterocycles. The highest BCUT2D eigenvalue weighted by Gasteiger charge is 2.28. The molecule has 0 saturated carbocycles. The number of alkyl halides is 2. The topological polar surface area (TPSA) is 58.6 Å². The van der Waals surface area contributed by atoms with Crippen molar-refractivity contribution in [2.24, 2.45) is 0 Å². The van der Waals surface area contributed by atoms with Crippen molar-refractivity contribution >= 4 is 5.91 Å². The van der Waals surface area contributed by atoms with Crippen molar-refractivity contribution in [3.63, 3.8) is 0 Å². The number of ether oxygens (including phenoxy) is 1. The molecule has 6 heteroatoms. The number of benzene rings is 1. The molecule has 1 amide bonds. The minimum atomic E-state index is -3.30. The molecule has 0 unspecified atom stereocenters. The zero-order valence-electron chi connectivity index (χ0n) is 11.0. The zero-order valence-corrected chi connectivity index (χ0v) is 11.0. The Hall–Kier alpha value is -1.69. The molecule has 4 nitrogen and oxygen atoms in total. The number of fused-ring (bicyclic) bond motifs is 1. The molecule has 0 fully saturated rings. The van der Waals surface area contributed by atoms with Gasteiger partial charge in [-0.05, 0) is 42.5 Å². The molecule has 1 aliphatic rings. The number of carbonyl (C=O) groups is 1. The number of aryl methyl sites for hydroxylation is 2. The average molecular weight is 285 g/mol. The minimum Gasteiger partial charge on any atom is -0.484 e. The number of amides is 1. The molecule has 0 bridgehead atoms. The number of hydrogen-bond acceptors (Lipinski definition) is 3. The molecular formula is C14H17F2NO3. The molecule has 0 radical (unpaired) electrons. The summed E-state index contributed by atoms with van der Waals surface area (Å²) in [5, 5.41) is 10.4. The Morgan fingerprint density at radius 1 is 1.35 bits per heavy atom. The van der Waals surface area contributed by atoms with Gasteiger partial charge in [-0.3, -0.25) is 4.79 Å². The molecule has 0 heterocycles. The van der Waals surface area contributed by atoms with E-state index in [4.69, 9.17) is 9.84 Å². The number of aliphatic hydroxyl groups is 1. The van der Waals surface area contributed by atoms with E-state index in [1.807, 2.05) is 17.4 Å². The van der Waals surface area contributed by atoms with Gasteiger partial charge in [0.25, 0.3) is 11.8 Å². The summed E-state index contributed by atoms with van der Waals surface area (Å²) in [6, 6.07) is 5.63. The average Bonchev–Trinajstić information content (AvgIpc) is 2.90. The minimum absolute atomic E-state index is 0.319. The van der Waals surface area contributed by atoms with Crippen LogP contribution in [0.15, 0.2) is 18.2 Å². The first-order valence-corrected chi connectivity index (χ1v) is 6.50. The normalized spacial score (nSPS) is 13.9. The van der Waals surface area contributed by atoms with Gasteiger partial charge < -0.3 is 15.2 Å². The first kappa shape index (κ1) is 14.7. The van der Waals surface area contributed by atoms with Crippen LogP contribution in [0.2, 0.25) is 0 Å². The van der Waals surface area contributed by atoms with Crippen molar-refractivity contribution in [2.45, 2.75) is 25.2 Å². The van der Waals surface area contributed by atoms with Gasteiger partial charge in [0.2, 0.25) is 0 Å². The number of halogens is 2. The van der Waals surface area contributed by atoms with Crippen LogP contribution in [-0.2, 0) is 17.6 Å². The van der Waals surface area contributed by atoms with Crippen LogP contribution in [0.3, 0.4) is 0 Å². The molecule has 1 aliphatic carbocycles. The summed E-state index contributed by atoms with van der Waals surface area (Å²) in [5.74, 6) is -3.38. The molecule has 2 rings (SSSR count). The predicted molar refractivity (Wildman–Crippen MR) is 69.0 cm³/mol. The fourth-order valence-corrected chi connectivity index (χ4v) is 2.12. The number of aliphatic hydroxyl groups excluding tert-OH is 1. The first-order valence-electron chi connectivity index (χ1n) is 6.50. The van der Waals surface area contributed by atoms with Crippen LogP contribution in [0.5, 0.6) is 5.75 Å². The Kier molecular flexibility index (Phi) is 4.54. The Balaban J connectivity index is 1.79. The molecule has 0 atom stereocenters. The second-order valence-corrected chi connectivity index (χ2v) is 4.86. The molecule has 0 aliphatic heterocycles. The van der Waals surface area contributed by atoms with Crippen molar-refractivity contribution in [3.05, 3.63) is 29.3 Å². The SMILES string of the molecule is O=C(COc1ccc2c(c1)CCC2)NCC(F)(F)CO. The zero-order chi connectivity index (χ0) is 14.6. The largest absolute Gasteiger partial charge is 0.484 e. The van der Waals surface area contributed by atoms with Gasteiger partial charge in [-0.2, -0.15) is 0 Å². The maximum atomic E-state index is 12.7. The van der Waals surface area contributed by atoms with Gasteiger partial charge in [0.15, 0.2) is 6.61 Å². The lowest BCUT2D eigenvalue weighted by Crippen LogP contribution is -2.40. The third kappa shape index (κ3) is 3.90. The Labute approximate surface area is 115 Å². The van der Waals surface area contributed by atoms with Crippen molar-refractivity contribution in [1.29, 1.82) is 0 Å². The number of rotatable bonds is 6. The Morgan fingerprint density at radius 2 is 2.10 bits per heavy atom. The number of carbonyl (C=O) groups excluding carboxylic acids is 1. The summed E-state index contributed by atoms with van der Waals surface area (Å²) >= 11 is 0. The van der Waals surface area contributed by atoms with E-state index in [1.165, 1.54) is 11.1 Å². The summed E-state index contributed by atoms with van der Waals surface area (Å²) in [7, 11) is 0. The summed E-state index contributed by atoms with van der Waals surface area (Å²) in [6.45, 7) is -2.50. The van der Waals surface area contributed by atoms with E-state index in [0.29, 0.717) is 5.75 Å². The Morgan fingerprint density at radius 3 is 2.85 bits per heavy atom. The van der Waals surface area contributed by atoms with E-state index in [1.54, 1.807) is 6.07 Å². The van der Waals surface area contributed by atoms with E-state index in [9.17, 15) is 13.6 Å². The molecule has 0 aromatic heterocycles. The molecule has 2 N–H and O–H groups in total. The maximum absolute atomic E-state index is 12.7. The third-order valence-electron chi connectivity index (χ3n) is 3.22. The summed E-state index contributed by atoms with van der Waals surface area (Å²) in [4.78, 5) is 11.4. The standard InChI is InChI=1S/C14H17F2NO3/c15-14(16,9-18)8-17-13(19)7-20-12-5-4-10-2-1-3-11(10)6-12/h4-6,18H,1-3,7-9H2,(H,17,19). The lowest BCUT2D eigenvalue weighted by molar-refractivity contribution is -0.126. The Bertz CT molecular complexity index is 491. The highest BCUT2D eigenvalue weighted by molar-refractivity contribution is 5.77. The second-order valence-electron chi connectivity index (χ2n) is 4.86. The fourth-order valence-electron chi connectivity index (χ4n) is 2.12. The van der Waals surface area contributed by atoms with Gasteiger partial charge in [-0.1, -0.05) is 6.07 Å². The molecular weight excluding hydrogens is 268 g/mol. The molecule has 1 aromatic rings. The van der Waals surface area contributed by atoms with Gasteiger partial charge in [0, 0.05) is 0 Å². The summed E-state index contributed by atoms with van der Waals surface area (Å²) in [6.07, 6.45) is 3.18. The quantitative estimate of drug-likeness (QED) is 0.828. The number of nitrogens with one attached hydrogen (secondary N) is 1. The second kappa shape index (κ2) is 6.17. The van der Waals surface area contributed by atoms with E-state index in [2.05, 4.69) is 0 Å². The van der Waals surface area contributed by atoms with E-state index < -0.39 is 25.0 Å². The van der Waals surface area contributed by atoms with Crippen LogP contribution in [0.25, 0.3) is 0 Å². The summed E-state index contributed by atoms with van der Waals surface area (Å²) in [5.41, 5.74) is 2.51. The van der Waals surface area contributed by atoms with E-state index in [-0.39, 0.29) is 6.61 Å². The maximum Gasteiger partial charge on any atom is 0.287 e. The van der Waals surface area contributed by atoms with Crippen molar-refractivity contribution < 1.29 is 23.4 Å². The van der Waals surface area contributed by atoms with Crippen LogP contribution in [-0.4, -0.2) is 36.7 Å². The van der Waals surface area contributed by atoms with Gasteiger partial charge in [0.05, 0.1) is 6.54 Å². The lowest BCUT2D eigenvalue weighted by Gasteiger charge is -2.14. The molecule has 1 aromatic carbocycles. The van der Waals surface area contributed by atoms with Crippen molar-refractivity contribution in [1.82, 2.24) is 5.32 Å².